The fraction of sp³-hybridized carbons (Fsp3) is 0.154. The zero-order valence-corrected chi connectivity index (χ0v) is 8.84. The average molecular weight is 213 g/mol. The predicted octanol–water partition coefficient (Wildman–Crippen LogP) is 2.76. The van der Waals surface area contributed by atoms with Crippen LogP contribution in [0.3, 0.4) is 0 Å². The summed E-state index contributed by atoms with van der Waals surface area (Å²) in [7, 11) is 0. The average Bonchev–Trinajstić information content (AvgIpc) is 3.02. The second-order valence-electron chi connectivity index (χ2n) is 4.04. The van der Waals surface area contributed by atoms with Gasteiger partial charge in [0, 0.05) is 5.39 Å². The van der Waals surface area contributed by atoms with Crippen molar-refractivity contribution in [1.29, 1.82) is 0 Å². The van der Waals surface area contributed by atoms with Gasteiger partial charge in [-0.15, -0.1) is 0 Å². The van der Waals surface area contributed by atoms with Crippen LogP contribution in [0, 0.1) is 0 Å². The maximum absolute atomic E-state index is 10.9. The van der Waals surface area contributed by atoms with Gasteiger partial charge in [0.1, 0.15) is 6.04 Å². The minimum absolute atomic E-state index is 0.485. The monoisotopic (exact) mass is 213 g/mol. The number of benzene rings is 2. The zero-order valence-electron chi connectivity index (χ0n) is 8.84. The summed E-state index contributed by atoms with van der Waals surface area (Å²) in [5, 5.41) is 11.3. The molecule has 1 N–H and O–H groups in total. The van der Waals surface area contributed by atoms with E-state index in [9.17, 15) is 4.79 Å². The molecule has 0 aliphatic carbocycles. The Bertz CT molecular complexity index is 592. The zero-order chi connectivity index (χ0) is 11.3. The summed E-state index contributed by atoms with van der Waals surface area (Å²) in [6.45, 7) is 1.71. The number of fused-ring (bicyclic) bond motifs is 3. The van der Waals surface area contributed by atoms with Crippen LogP contribution in [0.4, 0.5) is 11.4 Å². The Balaban J connectivity index is 2.11. The fourth-order valence-electron chi connectivity index (χ4n) is 2.16. The van der Waals surface area contributed by atoms with Gasteiger partial charge < -0.3 is 10.0 Å². The maximum Gasteiger partial charge on any atom is 0.326 e. The topological polar surface area (TPSA) is 40.3 Å². The van der Waals surface area contributed by atoms with E-state index in [1.807, 2.05) is 41.3 Å². The van der Waals surface area contributed by atoms with Crippen LogP contribution in [0.25, 0.3) is 10.8 Å². The second kappa shape index (κ2) is 2.98. The smallest absolute Gasteiger partial charge is 0.326 e. The number of hydrogen-bond acceptors (Lipinski definition) is 2. The van der Waals surface area contributed by atoms with Crippen LogP contribution in [0.5, 0.6) is 0 Å². The van der Waals surface area contributed by atoms with E-state index in [-0.39, 0.29) is 0 Å². The van der Waals surface area contributed by atoms with E-state index in [4.69, 9.17) is 5.11 Å². The van der Waals surface area contributed by atoms with Crippen LogP contribution in [-0.2, 0) is 4.79 Å². The van der Waals surface area contributed by atoms with E-state index in [0.29, 0.717) is 0 Å². The lowest BCUT2D eigenvalue weighted by Gasteiger charge is -2.07. The molecule has 16 heavy (non-hydrogen) atoms. The molecular weight excluding hydrogens is 202 g/mol. The molecule has 0 spiro atoms. The molecule has 0 saturated carbocycles. The largest absolute Gasteiger partial charge is 0.480 e. The third-order valence-corrected chi connectivity index (χ3v) is 3.07. The fourth-order valence-corrected chi connectivity index (χ4v) is 2.16. The summed E-state index contributed by atoms with van der Waals surface area (Å²) in [5.74, 6) is -0.791. The third-order valence-electron chi connectivity index (χ3n) is 3.07. The molecule has 3 heteroatoms. The number of carboxylic acids is 1. The number of rotatable bonds is 2. The van der Waals surface area contributed by atoms with Crippen molar-refractivity contribution in [2.24, 2.45) is 0 Å². The normalized spacial score (nSPS) is 14.7. The molecule has 0 aromatic heterocycles. The lowest BCUT2D eigenvalue weighted by Crippen LogP contribution is -2.26. The predicted molar refractivity (Wildman–Crippen MR) is 63.2 cm³/mol. The highest BCUT2D eigenvalue weighted by Crippen LogP contribution is 2.53. The van der Waals surface area contributed by atoms with E-state index in [1.54, 1.807) is 6.92 Å². The molecule has 0 amide bonds. The number of carboxylic acid groups (broad SMARTS) is 1. The van der Waals surface area contributed by atoms with Crippen molar-refractivity contribution < 1.29 is 9.90 Å². The Labute approximate surface area is 92.9 Å². The highest BCUT2D eigenvalue weighted by molar-refractivity contribution is 6.14. The molecule has 0 fully saturated rings. The quantitative estimate of drug-likeness (QED) is 0.780. The van der Waals surface area contributed by atoms with Gasteiger partial charge in [-0.1, -0.05) is 30.3 Å². The van der Waals surface area contributed by atoms with Gasteiger partial charge in [-0.2, -0.15) is 0 Å². The van der Waals surface area contributed by atoms with Crippen LogP contribution < -0.4 is 4.90 Å². The first-order valence-electron chi connectivity index (χ1n) is 5.24. The summed E-state index contributed by atoms with van der Waals surface area (Å²) in [6, 6.07) is 11.6. The Morgan fingerprint density at radius 2 is 2.00 bits per heavy atom. The lowest BCUT2D eigenvalue weighted by molar-refractivity contribution is -0.137. The third kappa shape index (κ3) is 1.11. The maximum atomic E-state index is 10.9. The Morgan fingerprint density at radius 3 is 2.75 bits per heavy atom. The van der Waals surface area contributed by atoms with Crippen molar-refractivity contribution in [3.05, 3.63) is 36.4 Å². The molecule has 0 radical (unpaired) electrons. The Hall–Kier alpha value is -2.03. The summed E-state index contributed by atoms with van der Waals surface area (Å²) >= 11 is 0. The van der Waals surface area contributed by atoms with Crippen LogP contribution in [0.15, 0.2) is 36.4 Å². The highest BCUT2D eigenvalue weighted by atomic mass is 16.4. The Morgan fingerprint density at radius 1 is 1.25 bits per heavy atom. The molecule has 0 unspecified atom stereocenters. The Kier molecular flexibility index (Phi) is 1.72. The van der Waals surface area contributed by atoms with Gasteiger partial charge in [0.15, 0.2) is 0 Å². The SMILES string of the molecule is C[C@@H](C(=O)O)N1c2ccc3ccccc3c21. The number of anilines is 2. The number of aliphatic carboxylic acids is 1. The summed E-state index contributed by atoms with van der Waals surface area (Å²) in [6.07, 6.45) is 0. The van der Waals surface area contributed by atoms with Gasteiger partial charge in [-0.3, -0.25) is 0 Å². The van der Waals surface area contributed by atoms with Crippen molar-refractivity contribution in [3.63, 3.8) is 0 Å². The molecule has 80 valence electrons. The first-order chi connectivity index (χ1) is 7.70. The second-order valence-corrected chi connectivity index (χ2v) is 4.04. The van der Waals surface area contributed by atoms with Crippen LogP contribution in [-0.4, -0.2) is 17.1 Å². The number of nitrogens with zero attached hydrogens (tertiary/aromatic N) is 1. The molecule has 0 bridgehead atoms. The first-order valence-corrected chi connectivity index (χ1v) is 5.24. The van der Waals surface area contributed by atoms with Gasteiger partial charge in [0.05, 0.1) is 11.4 Å². The van der Waals surface area contributed by atoms with Crippen molar-refractivity contribution >= 4 is 28.1 Å². The van der Waals surface area contributed by atoms with Crippen LogP contribution in [0.1, 0.15) is 6.92 Å². The van der Waals surface area contributed by atoms with Crippen LogP contribution >= 0.6 is 0 Å². The van der Waals surface area contributed by atoms with E-state index < -0.39 is 12.0 Å². The minimum atomic E-state index is -0.791. The highest BCUT2D eigenvalue weighted by Gasteiger charge is 2.38. The van der Waals surface area contributed by atoms with Crippen molar-refractivity contribution in [3.8, 4) is 0 Å². The summed E-state index contributed by atoms with van der Waals surface area (Å²) in [4.78, 5) is 12.8. The van der Waals surface area contributed by atoms with Gasteiger partial charge in [-0.05, 0) is 18.4 Å². The molecule has 3 rings (SSSR count). The van der Waals surface area contributed by atoms with Crippen molar-refractivity contribution in [2.45, 2.75) is 13.0 Å². The molecule has 1 heterocycles. The van der Waals surface area contributed by atoms with Gasteiger partial charge in [0.2, 0.25) is 0 Å². The molecular formula is C13H11NO2. The van der Waals surface area contributed by atoms with E-state index in [1.165, 1.54) is 0 Å². The summed E-state index contributed by atoms with van der Waals surface area (Å²) < 4.78 is 0. The molecule has 0 saturated heterocycles. The van der Waals surface area contributed by atoms with Gasteiger partial charge >= 0.3 is 5.97 Å². The lowest BCUT2D eigenvalue weighted by atomic mass is 10.1. The number of hydrogen-bond donors (Lipinski definition) is 1. The minimum Gasteiger partial charge on any atom is -0.480 e. The molecule has 2 aromatic rings. The van der Waals surface area contributed by atoms with E-state index in [2.05, 4.69) is 0 Å². The van der Waals surface area contributed by atoms with Crippen molar-refractivity contribution in [1.82, 2.24) is 0 Å². The van der Waals surface area contributed by atoms with E-state index in [0.717, 1.165) is 22.1 Å². The van der Waals surface area contributed by atoms with E-state index >= 15 is 0 Å². The van der Waals surface area contributed by atoms with Gasteiger partial charge in [0.25, 0.3) is 0 Å². The molecule has 1 aliphatic rings. The molecule has 1 aliphatic heterocycles. The standard InChI is InChI=1S/C13H11NO2/c1-8(13(15)16)14-11-7-6-9-4-2-3-5-10(9)12(11)14/h2-8H,1H3,(H,15,16)/t8-,14?/m0/s1. The number of carbonyl (C=O) groups is 1. The molecule has 1 atom stereocenters. The first kappa shape index (κ1) is 9.21. The molecule has 2 aromatic carbocycles. The summed E-state index contributed by atoms with van der Waals surface area (Å²) in [5.41, 5.74) is 2.10. The van der Waals surface area contributed by atoms with Gasteiger partial charge in [-0.25, -0.2) is 4.79 Å². The molecule has 3 nitrogen and oxygen atoms in total. The van der Waals surface area contributed by atoms with Crippen LogP contribution in [0.2, 0.25) is 0 Å². The van der Waals surface area contributed by atoms with Crippen molar-refractivity contribution in [2.75, 3.05) is 4.90 Å².